The number of hydrogen-bond acceptors (Lipinski definition) is 3. The summed E-state index contributed by atoms with van der Waals surface area (Å²) in [4.78, 5) is 14.1. The van der Waals surface area contributed by atoms with Crippen LogP contribution in [0.4, 0.5) is 0 Å². The molecule has 1 N–H and O–H groups in total. The van der Waals surface area contributed by atoms with Gasteiger partial charge in [0.05, 0.1) is 12.6 Å². The molecule has 1 aliphatic rings. The van der Waals surface area contributed by atoms with Crippen LogP contribution in [-0.2, 0) is 11.3 Å². The second kappa shape index (κ2) is 5.67. The zero-order valence-corrected chi connectivity index (χ0v) is 11.8. The number of likely N-dealkylation sites (tertiary alicyclic amines) is 1. The molecule has 1 aromatic heterocycles. The number of hydrogen-bond donors (Lipinski definition) is 1. The van der Waals surface area contributed by atoms with Crippen LogP contribution in [0.15, 0.2) is 34.7 Å². The minimum absolute atomic E-state index is 0.165. The summed E-state index contributed by atoms with van der Waals surface area (Å²) in [5, 5.41) is 4.35. The first-order valence-electron chi connectivity index (χ1n) is 7.23. The van der Waals surface area contributed by atoms with E-state index in [1.807, 2.05) is 42.2 Å². The van der Waals surface area contributed by atoms with Crippen LogP contribution in [0.5, 0.6) is 0 Å². The Morgan fingerprint density at radius 1 is 1.35 bits per heavy atom. The third-order valence-electron chi connectivity index (χ3n) is 3.85. The van der Waals surface area contributed by atoms with Crippen LogP contribution in [0.2, 0.25) is 0 Å². The lowest BCUT2D eigenvalue weighted by atomic mass is 10.2. The number of carbonyl (C=O) groups is 1. The van der Waals surface area contributed by atoms with Crippen molar-refractivity contribution in [2.75, 3.05) is 13.1 Å². The Kier molecular flexibility index (Phi) is 3.74. The van der Waals surface area contributed by atoms with Crippen LogP contribution in [0.3, 0.4) is 0 Å². The Morgan fingerprint density at radius 3 is 2.85 bits per heavy atom. The number of furan rings is 1. The van der Waals surface area contributed by atoms with E-state index in [-0.39, 0.29) is 11.9 Å². The van der Waals surface area contributed by atoms with E-state index in [1.165, 1.54) is 0 Å². The second-order valence-electron chi connectivity index (χ2n) is 5.39. The number of rotatable bonds is 4. The normalized spacial score (nSPS) is 16.8. The molecule has 4 heteroatoms. The van der Waals surface area contributed by atoms with E-state index in [4.69, 9.17) is 4.42 Å². The zero-order chi connectivity index (χ0) is 13.9. The van der Waals surface area contributed by atoms with E-state index < -0.39 is 0 Å². The first kappa shape index (κ1) is 13.2. The maximum Gasteiger partial charge on any atom is 0.239 e. The van der Waals surface area contributed by atoms with Gasteiger partial charge in [0, 0.05) is 18.5 Å². The van der Waals surface area contributed by atoms with Gasteiger partial charge < -0.3 is 9.32 Å². The lowest BCUT2D eigenvalue weighted by molar-refractivity contribution is -0.132. The SMILES string of the molecule is CC(NCc1cc2ccccc2o1)C(=O)N1CCCC1. The molecule has 1 unspecified atom stereocenters. The summed E-state index contributed by atoms with van der Waals surface area (Å²) in [6, 6.07) is 9.80. The van der Waals surface area contributed by atoms with E-state index in [2.05, 4.69) is 5.32 Å². The summed E-state index contributed by atoms with van der Waals surface area (Å²) in [5.74, 6) is 1.06. The molecular weight excluding hydrogens is 252 g/mol. The number of para-hydroxylation sites is 1. The quantitative estimate of drug-likeness (QED) is 0.930. The number of fused-ring (bicyclic) bond motifs is 1. The molecule has 1 aliphatic heterocycles. The molecule has 1 saturated heterocycles. The van der Waals surface area contributed by atoms with Crippen molar-refractivity contribution in [3.8, 4) is 0 Å². The van der Waals surface area contributed by atoms with Crippen molar-refractivity contribution >= 4 is 16.9 Å². The van der Waals surface area contributed by atoms with Gasteiger partial charge in [0.2, 0.25) is 5.91 Å². The van der Waals surface area contributed by atoms with Crippen molar-refractivity contribution in [1.82, 2.24) is 10.2 Å². The van der Waals surface area contributed by atoms with E-state index >= 15 is 0 Å². The van der Waals surface area contributed by atoms with Crippen LogP contribution < -0.4 is 5.32 Å². The number of nitrogens with zero attached hydrogens (tertiary/aromatic N) is 1. The molecular formula is C16H20N2O2. The van der Waals surface area contributed by atoms with Gasteiger partial charge in [-0.3, -0.25) is 10.1 Å². The fourth-order valence-electron chi connectivity index (χ4n) is 2.68. The minimum Gasteiger partial charge on any atom is -0.460 e. The molecule has 3 rings (SSSR count). The monoisotopic (exact) mass is 272 g/mol. The minimum atomic E-state index is -0.165. The van der Waals surface area contributed by atoms with Gasteiger partial charge >= 0.3 is 0 Å². The second-order valence-corrected chi connectivity index (χ2v) is 5.39. The first-order valence-corrected chi connectivity index (χ1v) is 7.23. The number of nitrogens with one attached hydrogen (secondary N) is 1. The van der Waals surface area contributed by atoms with Crippen LogP contribution in [-0.4, -0.2) is 29.9 Å². The van der Waals surface area contributed by atoms with Crippen molar-refractivity contribution in [3.05, 3.63) is 36.1 Å². The smallest absolute Gasteiger partial charge is 0.239 e. The summed E-state index contributed by atoms with van der Waals surface area (Å²) in [5.41, 5.74) is 0.892. The van der Waals surface area contributed by atoms with Crippen molar-refractivity contribution in [3.63, 3.8) is 0 Å². The predicted octanol–water partition coefficient (Wildman–Crippen LogP) is 2.53. The highest BCUT2D eigenvalue weighted by molar-refractivity contribution is 5.81. The Bertz CT molecular complexity index is 566. The molecule has 2 aromatic rings. The van der Waals surface area contributed by atoms with Crippen LogP contribution >= 0.6 is 0 Å². The first-order chi connectivity index (χ1) is 9.74. The van der Waals surface area contributed by atoms with E-state index in [0.29, 0.717) is 6.54 Å². The Morgan fingerprint density at radius 2 is 2.10 bits per heavy atom. The fourth-order valence-corrected chi connectivity index (χ4v) is 2.68. The van der Waals surface area contributed by atoms with Gasteiger partial charge in [0.15, 0.2) is 0 Å². The molecule has 20 heavy (non-hydrogen) atoms. The highest BCUT2D eigenvalue weighted by Gasteiger charge is 2.22. The highest BCUT2D eigenvalue weighted by atomic mass is 16.3. The summed E-state index contributed by atoms with van der Waals surface area (Å²) in [6.07, 6.45) is 2.25. The van der Waals surface area contributed by atoms with E-state index in [9.17, 15) is 4.79 Å². The largest absolute Gasteiger partial charge is 0.460 e. The number of amides is 1. The number of carbonyl (C=O) groups excluding carboxylic acids is 1. The van der Waals surface area contributed by atoms with Gasteiger partial charge in [-0.25, -0.2) is 0 Å². The molecule has 4 nitrogen and oxygen atoms in total. The molecule has 0 saturated carbocycles. The van der Waals surface area contributed by atoms with Crippen molar-refractivity contribution in [2.45, 2.75) is 32.4 Å². The van der Waals surface area contributed by atoms with E-state index in [0.717, 1.165) is 42.7 Å². The number of benzene rings is 1. The molecule has 2 heterocycles. The molecule has 1 fully saturated rings. The molecule has 1 amide bonds. The van der Waals surface area contributed by atoms with Gasteiger partial charge in [-0.2, -0.15) is 0 Å². The molecule has 106 valence electrons. The highest BCUT2D eigenvalue weighted by Crippen LogP contribution is 2.18. The van der Waals surface area contributed by atoms with Gasteiger partial charge in [-0.05, 0) is 31.9 Å². The van der Waals surface area contributed by atoms with Crippen molar-refractivity contribution in [1.29, 1.82) is 0 Å². The van der Waals surface area contributed by atoms with Crippen molar-refractivity contribution in [2.24, 2.45) is 0 Å². The average Bonchev–Trinajstić information content (AvgIpc) is 3.12. The van der Waals surface area contributed by atoms with Crippen molar-refractivity contribution < 1.29 is 9.21 Å². The van der Waals surface area contributed by atoms with Crippen LogP contribution in [0.25, 0.3) is 11.0 Å². The fraction of sp³-hybridized carbons (Fsp3) is 0.438. The van der Waals surface area contributed by atoms with Crippen LogP contribution in [0.1, 0.15) is 25.5 Å². The van der Waals surface area contributed by atoms with Gasteiger partial charge in [0.25, 0.3) is 0 Å². The van der Waals surface area contributed by atoms with E-state index in [1.54, 1.807) is 0 Å². The summed E-state index contributed by atoms with van der Waals surface area (Å²) >= 11 is 0. The summed E-state index contributed by atoms with van der Waals surface area (Å²) < 4.78 is 5.74. The van der Waals surface area contributed by atoms with Gasteiger partial charge in [-0.15, -0.1) is 0 Å². The lowest BCUT2D eigenvalue weighted by Gasteiger charge is -2.20. The molecule has 0 bridgehead atoms. The van der Waals surface area contributed by atoms with Gasteiger partial charge in [-0.1, -0.05) is 18.2 Å². The lowest BCUT2D eigenvalue weighted by Crippen LogP contribution is -2.43. The molecule has 1 aromatic carbocycles. The molecule has 1 atom stereocenters. The summed E-state index contributed by atoms with van der Waals surface area (Å²) in [6.45, 7) is 4.30. The summed E-state index contributed by atoms with van der Waals surface area (Å²) in [7, 11) is 0. The maximum absolute atomic E-state index is 12.2. The van der Waals surface area contributed by atoms with Gasteiger partial charge in [0.1, 0.15) is 11.3 Å². The maximum atomic E-state index is 12.2. The molecule has 0 aliphatic carbocycles. The Hall–Kier alpha value is -1.81. The Balaban J connectivity index is 1.59. The predicted molar refractivity (Wildman–Crippen MR) is 78.3 cm³/mol. The Labute approximate surface area is 118 Å². The molecule has 0 radical (unpaired) electrons. The average molecular weight is 272 g/mol. The topological polar surface area (TPSA) is 45.5 Å². The van der Waals surface area contributed by atoms with Crippen LogP contribution in [0, 0.1) is 0 Å². The third-order valence-corrected chi connectivity index (χ3v) is 3.85. The molecule has 0 spiro atoms. The standard InChI is InChI=1S/C16H20N2O2/c1-12(16(19)18-8-4-5-9-18)17-11-14-10-13-6-2-3-7-15(13)20-14/h2-3,6-7,10,12,17H,4-5,8-9,11H2,1H3. The zero-order valence-electron chi connectivity index (χ0n) is 11.8. The third kappa shape index (κ3) is 2.70.